The zero-order chi connectivity index (χ0) is 43.1. The van der Waals surface area contributed by atoms with E-state index in [2.05, 4.69) is 251 Å². The van der Waals surface area contributed by atoms with Gasteiger partial charge in [-0.15, -0.1) is 0 Å². The summed E-state index contributed by atoms with van der Waals surface area (Å²) < 4.78 is 4.81. The van der Waals surface area contributed by atoms with E-state index in [1.807, 2.05) is 6.08 Å². The number of aromatic nitrogens is 2. The van der Waals surface area contributed by atoms with Crippen LogP contribution in [0.1, 0.15) is 19.4 Å². The van der Waals surface area contributed by atoms with Crippen LogP contribution in [0, 0.1) is 0 Å². The molecule has 310 valence electrons. The maximum atomic E-state index is 4.38. The summed E-state index contributed by atoms with van der Waals surface area (Å²) in [7, 11) is 0. The molecule has 0 unspecified atom stereocenters. The van der Waals surface area contributed by atoms with Gasteiger partial charge in [-0.1, -0.05) is 97.6 Å². The first-order valence-corrected chi connectivity index (χ1v) is 22.4. The van der Waals surface area contributed by atoms with Gasteiger partial charge < -0.3 is 23.8 Å². The Balaban J connectivity index is 1.10. The molecule has 2 aromatic heterocycles. The average Bonchev–Trinajstić information content (AvgIpc) is 4.00. The Labute approximate surface area is 375 Å². The van der Waals surface area contributed by atoms with Crippen LogP contribution >= 0.6 is 0 Å². The predicted octanol–water partition coefficient (Wildman–Crippen LogP) is 15.6. The molecule has 10 aromatic rings. The molecule has 0 amide bonds. The van der Waals surface area contributed by atoms with Crippen LogP contribution in [-0.2, 0) is 13.0 Å². The third kappa shape index (κ3) is 6.56. The number of hydrogen-bond acceptors (Lipinski definition) is 3. The van der Waals surface area contributed by atoms with Crippen molar-refractivity contribution in [1.82, 2.24) is 9.13 Å². The maximum Gasteiger partial charge on any atom is 0.0542 e. The van der Waals surface area contributed by atoms with Crippen molar-refractivity contribution in [2.75, 3.05) is 21.2 Å². The van der Waals surface area contributed by atoms with Crippen molar-refractivity contribution < 1.29 is 0 Å². The van der Waals surface area contributed by atoms with Crippen molar-refractivity contribution in [3.8, 4) is 5.69 Å². The minimum Gasteiger partial charge on any atom is -0.345 e. The van der Waals surface area contributed by atoms with Gasteiger partial charge in [0.1, 0.15) is 0 Å². The number of fused-ring (bicyclic) bond motifs is 7. The van der Waals surface area contributed by atoms with E-state index in [0.717, 1.165) is 70.4 Å². The molecule has 3 heterocycles. The minimum absolute atomic E-state index is 0.902. The highest BCUT2D eigenvalue weighted by molar-refractivity contribution is 6.13. The van der Waals surface area contributed by atoms with Gasteiger partial charge >= 0.3 is 0 Å². The number of likely N-dealkylation sites (N-methyl/N-ethyl adjacent to an activating group) is 1. The van der Waals surface area contributed by atoms with E-state index < -0.39 is 0 Å². The summed E-state index contributed by atoms with van der Waals surface area (Å²) in [6.45, 7) is 10.6. The standard InChI is InChI=1S/C59H49N5/c1-4-43(30-31-47-38-42-20-16-18-28-55(42)60(47)5-2)62(44-21-10-7-11-22-44)48-33-36-58-53(40-48)54-41-50(34-37-59(54)64(58)46-25-14-9-15-26-46)63(45-23-12-8-13-24-45)49-32-35-57-52(39-49)51-27-17-19-29-56(51)61(57)6-3/h4,7-37,39-41H,1,5-6,38H2,2-3H3/b43-30+,47-31+. The molecule has 0 atom stereocenters. The largest absolute Gasteiger partial charge is 0.345 e. The SMILES string of the molecule is C=C/C(=C\C=C1/Cc2ccccc2N1CC)N(c1ccccc1)c1ccc2c(c1)c1cc(N(c3ccccc3)c3ccc4c(c3)c3ccccc3n4CC)ccc1n2-c1ccccc1. The van der Waals surface area contributed by atoms with E-state index in [9.17, 15) is 0 Å². The van der Waals surface area contributed by atoms with Gasteiger partial charge in [0.25, 0.3) is 0 Å². The van der Waals surface area contributed by atoms with E-state index in [4.69, 9.17) is 0 Å². The lowest BCUT2D eigenvalue weighted by Gasteiger charge is -2.27. The molecule has 64 heavy (non-hydrogen) atoms. The van der Waals surface area contributed by atoms with Crippen molar-refractivity contribution in [2.24, 2.45) is 0 Å². The summed E-state index contributed by atoms with van der Waals surface area (Å²) in [5.74, 6) is 0. The first kappa shape index (κ1) is 38.9. The predicted molar refractivity (Wildman–Crippen MR) is 272 cm³/mol. The summed E-state index contributed by atoms with van der Waals surface area (Å²) in [4.78, 5) is 7.15. The van der Waals surface area contributed by atoms with Crippen LogP contribution in [0.25, 0.3) is 49.3 Å². The smallest absolute Gasteiger partial charge is 0.0542 e. The molecule has 0 radical (unpaired) electrons. The number of benzene rings is 8. The molecule has 8 aromatic carbocycles. The number of allylic oxidation sites excluding steroid dienone is 4. The summed E-state index contributed by atoms with van der Waals surface area (Å²) in [5.41, 5.74) is 16.3. The Morgan fingerprint density at radius 2 is 1.06 bits per heavy atom. The van der Waals surface area contributed by atoms with Gasteiger partial charge in [-0.3, -0.25) is 0 Å². The number of para-hydroxylation sites is 5. The molecule has 0 bridgehead atoms. The van der Waals surface area contributed by atoms with Crippen molar-refractivity contribution in [1.29, 1.82) is 0 Å². The number of hydrogen-bond donors (Lipinski definition) is 0. The minimum atomic E-state index is 0.902. The van der Waals surface area contributed by atoms with Crippen molar-refractivity contribution >= 4 is 77.7 Å². The van der Waals surface area contributed by atoms with Gasteiger partial charge in [0.15, 0.2) is 0 Å². The molecular formula is C59H49N5. The fourth-order valence-corrected chi connectivity index (χ4v) is 10.0. The third-order valence-electron chi connectivity index (χ3n) is 12.9. The fourth-order valence-electron chi connectivity index (χ4n) is 10.0. The second-order valence-electron chi connectivity index (χ2n) is 16.4. The molecule has 0 aliphatic carbocycles. The molecule has 1 aliphatic heterocycles. The van der Waals surface area contributed by atoms with Crippen molar-refractivity contribution in [2.45, 2.75) is 26.8 Å². The van der Waals surface area contributed by atoms with Gasteiger partial charge in [-0.25, -0.2) is 0 Å². The van der Waals surface area contributed by atoms with Crippen LogP contribution in [0.2, 0.25) is 0 Å². The van der Waals surface area contributed by atoms with E-state index in [1.54, 1.807) is 0 Å². The van der Waals surface area contributed by atoms with Crippen LogP contribution in [0.15, 0.2) is 230 Å². The molecule has 11 rings (SSSR count). The molecular weight excluding hydrogens is 779 g/mol. The van der Waals surface area contributed by atoms with Crippen LogP contribution in [0.5, 0.6) is 0 Å². The average molecular weight is 828 g/mol. The normalized spacial score (nSPS) is 13.4. The monoisotopic (exact) mass is 827 g/mol. The molecule has 5 heteroatoms. The van der Waals surface area contributed by atoms with Gasteiger partial charge in [0.2, 0.25) is 0 Å². The highest BCUT2D eigenvalue weighted by atomic mass is 15.2. The summed E-state index contributed by atoms with van der Waals surface area (Å²) >= 11 is 0. The number of anilines is 6. The fraction of sp³-hybridized carbons (Fsp3) is 0.0847. The maximum absolute atomic E-state index is 4.38. The van der Waals surface area contributed by atoms with E-state index in [-0.39, 0.29) is 0 Å². The Bertz CT molecular complexity index is 3410. The quantitative estimate of drug-likeness (QED) is 0.121. The lowest BCUT2D eigenvalue weighted by Crippen LogP contribution is -2.18. The lowest BCUT2D eigenvalue weighted by molar-refractivity contribution is 0.827. The molecule has 0 N–H and O–H groups in total. The molecule has 0 fully saturated rings. The first-order chi connectivity index (χ1) is 31.6. The van der Waals surface area contributed by atoms with Crippen molar-refractivity contribution in [3.05, 3.63) is 236 Å². The second-order valence-corrected chi connectivity index (χ2v) is 16.4. The molecule has 5 nitrogen and oxygen atoms in total. The van der Waals surface area contributed by atoms with Crippen LogP contribution in [0.3, 0.4) is 0 Å². The van der Waals surface area contributed by atoms with Gasteiger partial charge in [-0.2, -0.15) is 0 Å². The van der Waals surface area contributed by atoms with Crippen LogP contribution < -0.4 is 14.7 Å². The first-order valence-electron chi connectivity index (χ1n) is 22.4. The number of rotatable bonds is 11. The summed E-state index contributed by atoms with van der Waals surface area (Å²) in [6.07, 6.45) is 7.38. The second kappa shape index (κ2) is 16.4. The molecule has 0 saturated carbocycles. The molecule has 1 aliphatic rings. The Morgan fingerprint density at radius 3 is 1.73 bits per heavy atom. The van der Waals surface area contributed by atoms with Gasteiger partial charge in [0, 0.05) is 103 Å². The highest BCUT2D eigenvalue weighted by Gasteiger charge is 2.24. The van der Waals surface area contributed by atoms with E-state index >= 15 is 0 Å². The molecule has 0 spiro atoms. The highest BCUT2D eigenvalue weighted by Crippen LogP contribution is 2.43. The number of aryl methyl sites for hydroxylation is 1. The third-order valence-corrected chi connectivity index (χ3v) is 12.9. The van der Waals surface area contributed by atoms with Gasteiger partial charge in [0.05, 0.1) is 11.0 Å². The molecule has 0 saturated heterocycles. The Morgan fingerprint density at radius 1 is 0.516 bits per heavy atom. The number of nitrogens with zero attached hydrogens (tertiary/aromatic N) is 5. The van der Waals surface area contributed by atoms with E-state index in [0.29, 0.717) is 0 Å². The zero-order valence-electron chi connectivity index (χ0n) is 36.3. The zero-order valence-corrected chi connectivity index (χ0v) is 36.3. The lowest BCUT2D eigenvalue weighted by atomic mass is 10.1. The topological polar surface area (TPSA) is 19.6 Å². The van der Waals surface area contributed by atoms with Crippen molar-refractivity contribution in [3.63, 3.8) is 0 Å². The van der Waals surface area contributed by atoms with Gasteiger partial charge in [-0.05, 0) is 141 Å². The summed E-state index contributed by atoms with van der Waals surface area (Å²) in [5, 5.41) is 4.86. The van der Waals surface area contributed by atoms with Crippen LogP contribution in [0.4, 0.5) is 34.1 Å². The summed E-state index contributed by atoms with van der Waals surface area (Å²) in [6, 6.07) is 70.4. The Hall–Kier alpha value is -8.02. The van der Waals surface area contributed by atoms with Crippen LogP contribution in [-0.4, -0.2) is 15.7 Å². The van der Waals surface area contributed by atoms with E-state index in [1.165, 1.54) is 49.5 Å². The Kier molecular flexibility index (Phi) is 9.93.